The molecule has 39 heavy (non-hydrogen) atoms. The molecule has 0 atom stereocenters. The topological polar surface area (TPSA) is 58.2 Å². The van der Waals surface area contributed by atoms with Crippen LogP contribution in [0.5, 0.6) is 0 Å². The standard InChI is InChI=1S/C25H16F10N2O2/c1-11-7-14(23(29,24(30,31)32)25(33,34)35)8-12(2)20(11)37-21(38)13-3-6-17(27)19(9-13)36-22(39)16-5-4-15(26)10-18(16)28/h3-10H,1-2H3,(H,36,39)(H,37,38). The number of carbonyl (C=O) groups excluding carboxylic acids is 2. The molecular weight excluding hydrogens is 550 g/mol. The van der Waals surface area contributed by atoms with E-state index in [1.807, 2.05) is 5.32 Å². The average Bonchev–Trinajstić information content (AvgIpc) is 2.80. The molecule has 0 spiro atoms. The normalized spacial score (nSPS) is 12.3. The van der Waals surface area contributed by atoms with Gasteiger partial charge in [0, 0.05) is 22.9 Å². The average molecular weight is 566 g/mol. The second kappa shape index (κ2) is 10.2. The summed E-state index contributed by atoms with van der Waals surface area (Å²) in [4.78, 5) is 25.0. The van der Waals surface area contributed by atoms with Gasteiger partial charge in [-0.1, -0.05) is 12.1 Å². The SMILES string of the molecule is Cc1cc(C(F)(C(F)(F)F)C(F)(F)F)cc(C)c1NC(=O)c1ccc(F)c(NC(=O)c2ccc(F)cc2F)c1. The summed E-state index contributed by atoms with van der Waals surface area (Å²) in [6.07, 6.45) is -12.7. The van der Waals surface area contributed by atoms with Gasteiger partial charge in [0.25, 0.3) is 11.8 Å². The molecule has 3 aromatic rings. The largest absolute Gasteiger partial charge is 0.435 e. The van der Waals surface area contributed by atoms with Gasteiger partial charge in [-0.15, -0.1) is 0 Å². The van der Waals surface area contributed by atoms with Gasteiger partial charge in [-0.25, -0.2) is 17.6 Å². The minimum atomic E-state index is -6.33. The third-order valence-corrected chi connectivity index (χ3v) is 5.60. The third kappa shape index (κ3) is 5.68. The molecule has 0 aromatic heterocycles. The number of alkyl halides is 7. The van der Waals surface area contributed by atoms with E-state index >= 15 is 0 Å². The Labute approximate surface area is 213 Å². The molecular formula is C25H16F10N2O2. The molecule has 4 nitrogen and oxygen atoms in total. The fourth-order valence-electron chi connectivity index (χ4n) is 3.66. The summed E-state index contributed by atoms with van der Waals surface area (Å²) < 4.78 is 134. The molecule has 0 bridgehead atoms. The minimum absolute atomic E-state index is 0.251. The van der Waals surface area contributed by atoms with Crippen molar-refractivity contribution in [1.82, 2.24) is 0 Å². The summed E-state index contributed by atoms with van der Waals surface area (Å²) >= 11 is 0. The van der Waals surface area contributed by atoms with E-state index in [4.69, 9.17) is 0 Å². The zero-order valence-electron chi connectivity index (χ0n) is 19.7. The Morgan fingerprint density at radius 1 is 0.667 bits per heavy atom. The molecule has 0 radical (unpaired) electrons. The van der Waals surface area contributed by atoms with Crippen LogP contribution in [-0.4, -0.2) is 24.2 Å². The molecule has 2 amide bonds. The fourth-order valence-corrected chi connectivity index (χ4v) is 3.66. The maximum atomic E-state index is 14.5. The summed E-state index contributed by atoms with van der Waals surface area (Å²) in [6.45, 7) is 2.07. The highest BCUT2D eigenvalue weighted by molar-refractivity contribution is 6.08. The van der Waals surface area contributed by atoms with Crippen LogP contribution in [0.3, 0.4) is 0 Å². The molecule has 2 N–H and O–H groups in total. The van der Waals surface area contributed by atoms with Crippen molar-refractivity contribution >= 4 is 23.2 Å². The lowest BCUT2D eigenvalue weighted by atomic mass is 9.90. The van der Waals surface area contributed by atoms with Gasteiger partial charge in [0.05, 0.1) is 11.3 Å². The lowest BCUT2D eigenvalue weighted by Gasteiger charge is -2.31. The van der Waals surface area contributed by atoms with E-state index in [1.165, 1.54) is 0 Å². The molecule has 0 unspecified atom stereocenters. The molecule has 0 fully saturated rings. The van der Waals surface area contributed by atoms with Crippen LogP contribution in [0.2, 0.25) is 0 Å². The van der Waals surface area contributed by atoms with Crippen LogP contribution in [0, 0.1) is 31.3 Å². The first kappa shape index (κ1) is 29.5. The third-order valence-electron chi connectivity index (χ3n) is 5.60. The van der Waals surface area contributed by atoms with Crippen molar-refractivity contribution < 1.29 is 53.5 Å². The summed E-state index contributed by atoms with van der Waals surface area (Å²) in [5.74, 6) is -5.49. The van der Waals surface area contributed by atoms with Crippen LogP contribution < -0.4 is 10.6 Å². The molecule has 0 saturated carbocycles. The lowest BCUT2D eigenvalue weighted by Crippen LogP contribution is -2.50. The Morgan fingerprint density at radius 2 is 1.23 bits per heavy atom. The number of anilines is 2. The van der Waals surface area contributed by atoms with Crippen molar-refractivity contribution in [2.24, 2.45) is 0 Å². The van der Waals surface area contributed by atoms with E-state index in [2.05, 4.69) is 5.32 Å². The van der Waals surface area contributed by atoms with Gasteiger partial charge in [0.2, 0.25) is 0 Å². The molecule has 3 rings (SSSR count). The molecule has 0 heterocycles. The maximum Gasteiger partial charge on any atom is 0.435 e. The van der Waals surface area contributed by atoms with Gasteiger partial charge in [-0.3, -0.25) is 9.59 Å². The smallest absolute Gasteiger partial charge is 0.322 e. The summed E-state index contributed by atoms with van der Waals surface area (Å²) in [5.41, 5.74) is -9.94. The van der Waals surface area contributed by atoms with Gasteiger partial charge in [-0.05, 0) is 55.3 Å². The molecule has 14 heteroatoms. The first-order chi connectivity index (χ1) is 17.9. The number of amides is 2. The summed E-state index contributed by atoms with van der Waals surface area (Å²) in [6, 6.07) is 5.09. The van der Waals surface area contributed by atoms with Gasteiger partial charge < -0.3 is 10.6 Å². The van der Waals surface area contributed by atoms with E-state index in [9.17, 15) is 53.5 Å². The highest BCUT2D eigenvalue weighted by atomic mass is 19.4. The Morgan fingerprint density at radius 3 is 1.74 bits per heavy atom. The van der Waals surface area contributed by atoms with E-state index in [-0.39, 0.29) is 34.5 Å². The van der Waals surface area contributed by atoms with Crippen molar-refractivity contribution in [3.05, 3.63) is 93.8 Å². The Hall–Kier alpha value is -4.10. The zero-order valence-corrected chi connectivity index (χ0v) is 19.7. The lowest BCUT2D eigenvalue weighted by molar-refractivity contribution is -0.348. The molecule has 0 saturated heterocycles. The minimum Gasteiger partial charge on any atom is -0.322 e. The molecule has 208 valence electrons. The number of rotatable bonds is 5. The molecule has 0 aliphatic carbocycles. The number of nitrogens with one attached hydrogen (secondary N) is 2. The number of hydrogen-bond donors (Lipinski definition) is 2. The first-order valence-electron chi connectivity index (χ1n) is 10.7. The predicted octanol–water partition coefficient (Wildman–Crippen LogP) is 7.51. The summed E-state index contributed by atoms with van der Waals surface area (Å²) in [5, 5.41) is 4.25. The van der Waals surface area contributed by atoms with Crippen LogP contribution in [0.25, 0.3) is 0 Å². The van der Waals surface area contributed by atoms with Crippen LogP contribution in [0.1, 0.15) is 37.4 Å². The van der Waals surface area contributed by atoms with Crippen LogP contribution >= 0.6 is 0 Å². The molecule has 3 aromatic carbocycles. The second-order valence-electron chi connectivity index (χ2n) is 8.37. The zero-order chi connectivity index (χ0) is 29.5. The number of aryl methyl sites for hydroxylation is 2. The van der Waals surface area contributed by atoms with Crippen molar-refractivity contribution in [2.45, 2.75) is 31.9 Å². The van der Waals surface area contributed by atoms with Gasteiger partial charge in [0.15, 0.2) is 0 Å². The van der Waals surface area contributed by atoms with Gasteiger partial charge >= 0.3 is 18.0 Å². The number of halogens is 10. The van der Waals surface area contributed by atoms with Crippen molar-refractivity contribution in [3.63, 3.8) is 0 Å². The maximum absolute atomic E-state index is 14.5. The van der Waals surface area contributed by atoms with Crippen LogP contribution in [-0.2, 0) is 5.67 Å². The van der Waals surface area contributed by atoms with E-state index < -0.39 is 64.1 Å². The van der Waals surface area contributed by atoms with Crippen molar-refractivity contribution in [1.29, 1.82) is 0 Å². The first-order valence-corrected chi connectivity index (χ1v) is 10.7. The van der Waals surface area contributed by atoms with Crippen molar-refractivity contribution in [2.75, 3.05) is 10.6 Å². The quantitative estimate of drug-likeness (QED) is 0.314. The highest BCUT2D eigenvalue weighted by Gasteiger charge is 2.73. The molecule has 0 aliphatic rings. The number of hydrogen-bond acceptors (Lipinski definition) is 2. The van der Waals surface area contributed by atoms with E-state index in [0.717, 1.165) is 44.2 Å². The predicted molar refractivity (Wildman–Crippen MR) is 119 cm³/mol. The van der Waals surface area contributed by atoms with Crippen molar-refractivity contribution in [3.8, 4) is 0 Å². The molecule has 0 aliphatic heterocycles. The number of carbonyl (C=O) groups is 2. The number of benzene rings is 3. The summed E-state index contributed by atoms with van der Waals surface area (Å²) in [7, 11) is 0. The highest BCUT2D eigenvalue weighted by Crippen LogP contribution is 2.53. The van der Waals surface area contributed by atoms with Crippen LogP contribution in [0.4, 0.5) is 55.3 Å². The Kier molecular flexibility index (Phi) is 7.72. The fraction of sp³-hybridized carbons (Fsp3) is 0.200. The van der Waals surface area contributed by atoms with Gasteiger partial charge in [-0.2, -0.15) is 26.3 Å². The second-order valence-corrected chi connectivity index (χ2v) is 8.37. The van der Waals surface area contributed by atoms with E-state index in [0.29, 0.717) is 6.07 Å². The Bertz CT molecular complexity index is 1410. The van der Waals surface area contributed by atoms with Crippen LogP contribution in [0.15, 0.2) is 48.5 Å². The van der Waals surface area contributed by atoms with E-state index in [1.54, 1.807) is 0 Å². The monoisotopic (exact) mass is 566 g/mol. The Balaban J connectivity index is 1.91. The van der Waals surface area contributed by atoms with Gasteiger partial charge in [0.1, 0.15) is 17.5 Å².